The maximum absolute atomic E-state index is 3.64. The van der Waals surface area contributed by atoms with Crippen LogP contribution in [0.2, 0.25) is 0 Å². The molecule has 0 bridgehead atoms. The summed E-state index contributed by atoms with van der Waals surface area (Å²) >= 11 is 0. The van der Waals surface area contributed by atoms with Gasteiger partial charge in [-0.1, -0.05) is 13.8 Å². The molecular weight excluding hydrogens is 904 g/mol. The van der Waals surface area contributed by atoms with Gasteiger partial charge in [0.15, 0.2) is 0 Å². The van der Waals surface area contributed by atoms with Crippen LogP contribution in [0.5, 0.6) is 0 Å². The first-order chi connectivity index (χ1) is 34.9. The predicted octanol–water partition coefficient (Wildman–Crippen LogP) is 5.84. The average molecular weight is 1030 g/mol. The van der Waals surface area contributed by atoms with Gasteiger partial charge in [-0.2, -0.15) is 0 Å². The first-order valence-electron chi connectivity index (χ1n) is 30.8. The third-order valence-corrected chi connectivity index (χ3v) is 12.9. The van der Waals surface area contributed by atoms with Gasteiger partial charge in [-0.05, 0) is 350 Å². The minimum absolute atomic E-state index is 0. The first kappa shape index (κ1) is 72.8. The highest BCUT2D eigenvalue weighted by Gasteiger charge is 1.98. The molecule has 0 spiro atoms. The summed E-state index contributed by atoms with van der Waals surface area (Å²) in [5.74, 6) is 0. The quantitative estimate of drug-likeness (QED) is 0.0328. The number of nitrogens with one attached hydrogen (secondary N) is 14. The highest BCUT2D eigenvalue weighted by molar-refractivity contribution is 5.85. The average Bonchev–Trinajstić information content (AvgIpc) is 3.37. The normalized spacial score (nSPS) is 11.6. The van der Waals surface area contributed by atoms with Crippen LogP contribution in [0.3, 0.4) is 0 Å². The Labute approximate surface area is 449 Å². The van der Waals surface area contributed by atoms with Crippen molar-refractivity contribution in [3.05, 3.63) is 0 Å². The van der Waals surface area contributed by atoms with Gasteiger partial charge in [-0.15, -0.1) is 12.4 Å². The summed E-state index contributed by atoms with van der Waals surface area (Å²) < 4.78 is 0. The van der Waals surface area contributed by atoms with Crippen molar-refractivity contribution in [3.63, 3.8) is 0 Å². The van der Waals surface area contributed by atoms with Crippen LogP contribution >= 0.6 is 12.4 Å². The van der Waals surface area contributed by atoms with Crippen LogP contribution in [-0.2, 0) is 0 Å². The van der Waals surface area contributed by atoms with Gasteiger partial charge in [-0.25, -0.2) is 0 Å². The molecule has 15 heteroatoms. The summed E-state index contributed by atoms with van der Waals surface area (Å²) in [7, 11) is 0. The van der Waals surface area contributed by atoms with Crippen LogP contribution in [0, 0.1) is 0 Å². The summed E-state index contributed by atoms with van der Waals surface area (Å²) in [5, 5.41) is 50.2. The lowest BCUT2D eigenvalue weighted by molar-refractivity contribution is 0.525. The van der Waals surface area contributed by atoms with Crippen molar-refractivity contribution in [1.82, 2.24) is 74.4 Å². The molecule has 430 valence electrons. The van der Waals surface area contributed by atoms with Crippen LogP contribution < -0.4 is 74.4 Å². The van der Waals surface area contributed by atoms with Crippen LogP contribution in [0.15, 0.2) is 0 Å². The molecule has 0 heterocycles. The van der Waals surface area contributed by atoms with E-state index in [1.807, 2.05) is 0 Å². The zero-order valence-electron chi connectivity index (χ0n) is 47.6. The largest absolute Gasteiger partial charge is 0.317 e. The second kappa shape index (κ2) is 71.8. The fraction of sp³-hybridized carbons (Fsp3) is 1.00. The van der Waals surface area contributed by atoms with E-state index in [9.17, 15) is 0 Å². The summed E-state index contributed by atoms with van der Waals surface area (Å²) in [6.45, 7) is 36.6. The van der Waals surface area contributed by atoms with Crippen molar-refractivity contribution >= 4 is 12.4 Å². The molecule has 0 amide bonds. The Morgan fingerprint density at radius 3 is 0.268 bits per heavy atom. The fourth-order valence-electron chi connectivity index (χ4n) is 8.35. The van der Waals surface area contributed by atoms with Crippen molar-refractivity contribution in [2.45, 2.75) is 181 Å². The monoisotopic (exact) mass is 1030 g/mol. The molecule has 0 rings (SSSR count). The molecule has 71 heavy (non-hydrogen) atoms. The van der Waals surface area contributed by atoms with E-state index in [0.29, 0.717) is 0 Å². The van der Waals surface area contributed by atoms with E-state index >= 15 is 0 Å². The third kappa shape index (κ3) is 71.8. The molecule has 0 aromatic heterocycles. The third-order valence-electron chi connectivity index (χ3n) is 12.9. The summed E-state index contributed by atoms with van der Waals surface area (Å²) in [5.41, 5.74) is 0. The number of halogens is 1. The lowest BCUT2D eigenvalue weighted by atomic mass is 10.2. The predicted molar refractivity (Wildman–Crippen MR) is 319 cm³/mol. The highest BCUT2D eigenvalue weighted by atomic mass is 35.5. The Hall–Kier alpha value is -0.270. The van der Waals surface area contributed by atoms with Gasteiger partial charge in [0.2, 0.25) is 0 Å². The van der Waals surface area contributed by atoms with E-state index in [0.717, 1.165) is 183 Å². The molecule has 0 aromatic rings. The maximum Gasteiger partial charge on any atom is -0.00484 e. The highest BCUT2D eigenvalue weighted by Crippen LogP contribution is 1.95. The smallest absolute Gasteiger partial charge is 0.00484 e. The molecule has 0 aliphatic carbocycles. The molecule has 0 unspecified atom stereocenters. The molecular formula is C56H129ClN14. The van der Waals surface area contributed by atoms with E-state index in [2.05, 4.69) is 88.3 Å². The Morgan fingerprint density at radius 1 is 0.127 bits per heavy atom. The molecule has 0 saturated heterocycles. The summed E-state index contributed by atoms with van der Waals surface area (Å²) in [4.78, 5) is 0. The standard InChI is InChI=1S/C56H128N14.ClH/c1-3-57-31-5-7-33-59-35-9-11-37-61-39-13-15-41-63-43-17-19-45-65-47-21-23-49-67-51-25-27-53-69-55-29-30-56-70-54-28-26-52-68-50-24-22-48-66-46-20-18-44-64-42-16-14-40-62-38-12-10-36-60-34-8-6-32-58-4-2;/h57-70H,3-56H2,1-2H3;1H. The lowest BCUT2D eigenvalue weighted by Gasteiger charge is -2.08. The molecule has 14 N–H and O–H groups in total. The number of rotatable bonds is 67. The second-order valence-corrected chi connectivity index (χ2v) is 19.9. The number of hydrogen-bond acceptors (Lipinski definition) is 14. The van der Waals surface area contributed by atoms with Crippen LogP contribution in [0.4, 0.5) is 0 Å². The van der Waals surface area contributed by atoms with Gasteiger partial charge >= 0.3 is 0 Å². The number of hydrogen-bond donors (Lipinski definition) is 14. The number of unbranched alkanes of at least 4 members (excludes halogenated alkanes) is 13. The van der Waals surface area contributed by atoms with Gasteiger partial charge < -0.3 is 74.4 Å². The lowest BCUT2D eigenvalue weighted by Crippen LogP contribution is -2.23. The van der Waals surface area contributed by atoms with E-state index in [-0.39, 0.29) is 12.4 Å². The van der Waals surface area contributed by atoms with Crippen LogP contribution in [0.25, 0.3) is 0 Å². The van der Waals surface area contributed by atoms with E-state index < -0.39 is 0 Å². The van der Waals surface area contributed by atoms with Gasteiger partial charge in [-0.3, -0.25) is 0 Å². The second-order valence-electron chi connectivity index (χ2n) is 19.9. The summed E-state index contributed by atoms with van der Waals surface area (Å²) in [6.07, 6.45) is 33.2. The van der Waals surface area contributed by atoms with E-state index in [1.165, 1.54) is 167 Å². The molecule has 0 saturated carbocycles. The maximum atomic E-state index is 3.64. The molecule has 0 atom stereocenters. The van der Waals surface area contributed by atoms with Crippen molar-refractivity contribution in [2.24, 2.45) is 0 Å². The Morgan fingerprint density at radius 2 is 0.197 bits per heavy atom. The fourth-order valence-corrected chi connectivity index (χ4v) is 8.35. The van der Waals surface area contributed by atoms with E-state index in [4.69, 9.17) is 0 Å². The minimum Gasteiger partial charge on any atom is -0.317 e. The zero-order valence-corrected chi connectivity index (χ0v) is 48.4. The zero-order chi connectivity index (χ0) is 50.1. The van der Waals surface area contributed by atoms with Crippen LogP contribution in [-0.4, -0.2) is 183 Å². The van der Waals surface area contributed by atoms with Gasteiger partial charge in [0.25, 0.3) is 0 Å². The molecule has 0 fully saturated rings. The molecule has 14 nitrogen and oxygen atoms in total. The molecule has 0 aliphatic rings. The van der Waals surface area contributed by atoms with Gasteiger partial charge in [0.05, 0.1) is 0 Å². The van der Waals surface area contributed by atoms with Gasteiger partial charge in [0, 0.05) is 0 Å². The minimum atomic E-state index is 0. The Kier molecular flexibility index (Phi) is 73.6. The molecule has 0 radical (unpaired) electrons. The van der Waals surface area contributed by atoms with Crippen molar-refractivity contribution in [1.29, 1.82) is 0 Å². The topological polar surface area (TPSA) is 168 Å². The van der Waals surface area contributed by atoms with Crippen molar-refractivity contribution in [2.75, 3.05) is 183 Å². The molecule has 0 aromatic carbocycles. The van der Waals surface area contributed by atoms with Crippen molar-refractivity contribution in [3.8, 4) is 0 Å². The Bertz CT molecular complexity index is 818. The van der Waals surface area contributed by atoms with Gasteiger partial charge in [0.1, 0.15) is 0 Å². The Balaban J connectivity index is 0. The molecule has 0 aliphatic heterocycles. The summed E-state index contributed by atoms with van der Waals surface area (Å²) in [6, 6.07) is 0. The van der Waals surface area contributed by atoms with Crippen LogP contribution in [0.1, 0.15) is 181 Å². The first-order valence-corrected chi connectivity index (χ1v) is 30.8. The van der Waals surface area contributed by atoms with E-state index in [1.54, 1.807) is 0 Å². The van der Waals surface area contributed by atoms with Crippen molar-refractivity contribution < 1.29 is 0 Å². The SMILES string of the molecule is CCNCCCCNCCCCNCCCCNCCCCNCCCCNCCCCNCCCCNCCCCNCCCCNCCCCNCCCCNCCCCNCCCCNCC.Cl.